The number of aryl methyl sites for hydroxylation is 2. The van der Waals surface area contributed by atoms with Crippen molar-refractivity contribution >= 4 is 27.2 Å². The van der Waals surface area contributed by atoms with E-state index >= 15 is 0 Å². The Kier molecular flexibility index (Phi) is 4.13. The molecular weight excluding hydrogens is 350 g/mol. The third-order valence-corrected chi connectivity index (χ3v) is 6.18. The summed E-state index contributed by atoms with van der Waals surface area (Å²) in [5.41, 5.74) is 4.97. The highest BCUT2D eigenvalue weighted by molar-refractivity contribution is 7.17. The maximum atomic E-state index is 4.68. The molecule has 0 spiro atoms. The van der Waals surface area contributed by atoms with Crippen LogP contribution in [-0.2, 0) is 6.42 Å². The van der Waals surface area contributed by atoms with Crippen molar-refractivity contribution in [2.24, 2.45) is 0 Å². The van der Waals surface area contributed by atoms with Crippen LogP contribution in [0.25, 0.3) is 21.3 Å². The summed E-state index contributed by atoms with van der Waals surface area (Å²) >= 11 is 1.77. The number of benzene rings is 2. The van der Waals surface area contributed by atoms with Crippen LogP contribution in [0.15, 0.2) is 60.0 Å². The number of nitrogens with zero attached hydrogens (tertiary/aromatic N) is 2. The van der Waals surface area contributed by atoms with E-state index in [0.29, 0.717) is 6.04 Å². The smallest absolute Gasteiger partial charge is 0.130 e. The van der Waals surface area contributed by atoms with Gasteiger partial charge in [0.2, 0.25) is 0 Å². The van der Waals surface area contributed by atoms with Crippen LogP contribution in [0.1, 0.15) is 35.8 Å². The normalized spacial score (nSPS) is 16.3. The molecule has 1 N–H and O–H groups in total. The van der Waals surface area contributed by atoms with Gasteiger partial charge in [-0.1, -0.05) is 30.3 Å². The van der Waals surface area contributed by atoms with Crippen LogP contribution in [0.5, 0.6) is 0 Å². The van der Waals surface area contributed by atoms with Crippen molar-refractivity contribution in [1.29, 1.82) is 0 Å². The maximum absolute atomic E-state index is 4.68. The summed E-state index contributed by atoms with van der Waals surface area (Å²) in [6, 6.07) is 19.9. The minimum atomic E-state index is 0.316. The Labute approximate surface area is 163 Å². The van der Waals surface area contributed by atoms with E-state index in [1.54, 1.807) is 11.3 Å². The molecular formula is C23H21N3S. The highest BCUT2D eigenvalue weighted by Gasteiger charge is 2.20. The van der Waals surface area contributed by atoms with Gasteiger partial charge in [0.05, 0.1) is 11.7 Å². The third kappa shape index (κ3) is 3.21. The second-order valence-corrected chi connectivity index (χ2v) is 8.09. The summed E-state index contributed by atoms with van der Waals surface area (Å²) in [5.74, 6) is 1.70. The molecule has 0 bridgehead atoms. The molecule has 27 heavy (non-hydrogen) atoms. The predicted octanol–water partition coefficient (Wildman–Crippen LogP) is 6.16. The number of nitrogens with one attached hydrogen (secondary N) is 1. The minimum Gasteiger partial charge on any atom is -0.363 e. The number of rotatable bonds is 3. The van der Waals surface area contributed by atoms with E-state index in [4.69, 9.17) is 0 Å². The van der Waals surface area contributed by atoms with Gasteiger partial charge in [0.1, 0.15) is 11.6 Å². The van der Waals surface area contributed by atoms with Crippen LogP contribution < -0.4 is 5.32 Å². The van der Waals surface area contributed by atoms with Crippen molar-refractivity contribution in [2.45, 2.75) is 32.2 Å². The summed E-state index contributed by atoms with van der Waals surface area (Å²) in [6.07, 6.45) is 3.51. The van der Waals surface area contributed by atoms with Gasteiger partial charge >= 0.3 is 0 Å². The van der Waals surface area contributed by atoms with Crippen LogP contribution in [-0.4, -0.2) is 9.97 Å². The molecule has 1 atom stereocenters. The molecule has 0 fully saturated rings. The van der Waals surface area contributed by atoms with E-state index in [2.05, 4.69) is 75.3 Å². The zero-order chi connectivity index (χ0) is 18.2. The third-order valence-electron chi connectivity index (χ3n) is 5.28. The molecule has 4 aromatic rings. The summed E-state index contributed by atoms with van der Waals surface area (Å²) in [5, 5.41) is 7.07. The van der Waals surface area contributed by atoms with Gasteiger partial charge in [-0.3, -0.25) is 0 Å². The number of thiophene rings is 1. The lowest BCUT2D eigenvalue weighted by atomic mass is 9.88. The van der Waals surface area contributed by atoms with Gasteiger partial charge in [0.15, 0.2) is 0 Å². The average Bonchev–Trinajstić information content (AvgIpc) is 3.16. The molecule has 0 aliphatic heterocycles. The van der Waals surface area contributed by atoms with Gasteiger partial charge in [-0.2, -0.15) is 0 Å². The van der Waals surface area contributed by atoms with Crippen LogP contribution in [0.2, 0.25) is 0 Å². The van der Waals surface area contributed by atoms with Crippen LogP contribution in [0, 0.1) is 6.92 Å². The molecule has 0 saturated carbocycles. The van der Waals surface area contributed by atoms with E-state index in [-0.39, 0.29) is 0 Å². The first-order valence-electron chi connectivity index (χ1n) is 9.44. The largest absolute Gasteiger partial charge is 0.363 e. The molecule has 1 aliphatic carbocycles. The van der Waals surface area contributed by atoms with Gasteiger partial charge in [0.25, 0.3) is 0 Å². The molecule has 0 radical (unpaired) electrons. The Bertz CT molecular complexity index is 1120. The Morgan fingerprint density at radius 1 is 1.04 bits per heavy atom. The van der Waals surface area contributed by atoms with Crippen molar-refractivity contribution < 1.29 is 0 Å². The Morgan fingerprint density at radius 2 is 1.96 bits per heavy atom. The zero-order valence-corrected chi connectivity index (χ0v) is 16.1. The number of hydrogen-bond acceptors (Lipinski definition) is 4. The van der Waals surface area contributed by atoms with E-state index in [1.165, 1.54) is 34.1 Å². The van der Waals surface area contributed by atoms with Crippen molar-refractivity contribution in [3.8, 4) is 11.3 Å². The number of aromatic nitrogens is 2. The molecule has 4 heteroatoms. The summed E-state index contributed by atoms with van der Waals surface area (Å²) in [7, 11) is 0. The first kappa shape index (κ1) is 16.5. The molecule has 2 aromatic heterocycles. The lowest BCUT2D eigenvalue weighted by molar-refractivity contribution is 0.598. The van der Waals surface area contributed by atoms with E-state index < -0.39 is 0 Å². The molecule has 2 aromatic carbocycles. The molecule has 1 aliphatic rings. The van der Waals surface area contributed by atoms with E-state index in [0.717, 1.165) is 29.3 Å². The molecule has 1 unspecified atom stereocenters. The molecule has 2 heterocycles. The Hall–Kier alpha value is -2.72. The summed E-state index contributed by atoms with van der Waals surface area (Å²) in [4.78, 5) is 9.34. The fourth-order valence-corrected chi connectivity index (χ4v) is 4.77. The highest BCUT2D eigenvalue weighted by atomic mass is 32.1. The van der Waals surface area contributed by atoms with Crippen molar-refractivity contribution in [3.63, 3.8) is 0 Å². The second-order valence-electron chi connectivity index (χ2n) is 7.15. The van der Waals surface area contributed by atoms with Crippen LogP contribution in [0.3, 0.4) is 0 Å². The maximum Gasteiger partial charge on any atom is 0.130 e. The fraction of sp³-hybridized carbons (Fsp3) is 0.217. The van der Waals surface area contributed by atoms with Crippen molar-refractivity contribution in [1.82, 2.24) is 9.97 Å². The Morgan fingerprint density at radius 3 is 2.93 bits per heavy atom. The fourth-order valence-electron chi connectivity index (χ4n) is 4.00. The number of hydrogen-bond donors (Lipinski definition) is 1. The first-order chi connectivity index (χ1) is 13.3. The Balaban J connectivity index is 1.49. The van der Waals surface area contributed by atoms with Crippen molar-refractivity contribution in [3.05, 3.63) is 76.9 Å². The van der Waals surface area contributed by atoms with Gasteiger partial charge in [-0.15, -0.1) is 11.3 Å². The SMILES string of the molecule is Cc1nc(NC2CCCc3ccccc32)cc(-c2ccc3sccc3c2)n1. The second kappa shape index (κ2) is 6.78. The predicted molar refractivity (Wildman–Crippen MR) is 113 cm³/mol. The first-order valence-corrected chi connectivity index (χ1v) is 10.3. The topological polar surface area (TPSA) is 37.8 Å². The molecule has 0 saturated heterocycles. The van der Waals surface area contributed by atoms with Crippen molar-refractivity contribution in [2.75, 3.05) is 5.32 Å². The molecule has 134 valence electrons. The van der Waals surface area contributed by atoms with Crippen LogP contribution in [0.4, 0.5) is 5.82 Å². The quantitative estimate of drug-likeness (QED) is 0.469. The van der Waals surface area contributed by atoms with E-state index in [9.17, 15) is 0 Å². The highest BCUT2D eigenvalue weighted by Crippen LogP contribution is 2.33. The van der Waals surface area contributed by atoms with Gasteiger partial charge < -0.3 is 5.32 Å². The summed E-state index contributed by atoms with van der Waals surface area (Å²) < 4.78 is 1.31. The van der Waals surface area contributed by atoms with Gasteiger partial charge in [-0.05, 0) is 66.3 Å². The average molecular weight is 372 g/mol. The number of fused-ring (bicyclic) bond motifs is 2. The number of anilines is 1. The zero-order valence-electron chi connectivity index (χ0n) is 15.3. The molecule has 5 rings (SSSR count). The lowest BCUT2D eigenvalue weighted by Crippen LogP contribution is -2.18. The minimum absolute atomic E-state index is 0.316. The molecule has 0 amide bonds. The lowest BCUT2D eigenvalue weighted by Gasteiger charge is -2.27. The van der Waals surface area contributed by atoms with E-state index in [1.807, 2.05) is 6.92 Å². The van der Waals surface area contributed by atoms with Crippen LogP contribution >= 0.6 is 11.3 Å². The summed E-state index contributed by atoms with van der Waals surface area (Å²) in [6.45, 7) is 1.96. The van der Waals surface area contributed by atoms with Gasteiger partial charge in [0, 0.05) is 16.3 Å². The standard InChI is InChI=1S/C23H21N3S/c1-15-24-21(17-9-10-22-18(13-17)11-12-27-22)14-23(25-15)26-20-8-4-6-16-5-2-3-7-19(16)20/h2-3,5,7,9-14,20H,4,6,8H2,1H3,(H,24,25,26). The monoisotopic (exact) mass is 371 g/mol. The molecule has 3 nitrogen and oxygen atoms in total. The van der Waals surface area contributed by atoms with Gasteiger partial charge in [-0.25, -0.2) is 9.97 Å².